The van der Waals surface area contributed by atoms with Crippen molar-refractivity contribution in [3.63, 3.8) is 0 Å². The number of hydrogen-bond acceptors (Lipinski definition) is 9. The van der Waals surface area contributed by atoms with Gasteiger partial charge in [-0.15, -0.1) is 10.9 Å². The van der Waals surface area contributed by atoms with Crippen LogP contribution in [0.1, 0.15) is 39.1 Å². The van der Waals surface area contributed by atoms with Crippen LogP contribution in [-0.2, 0) is 29.9 Å². The zero-order chi connectivity index (χ0) is 32.7. The van der Waals surface area contributed by atoms with Crippen LogP contribution in [0.2, 0.25) is 0 Å². The first-order chi connectivity index (χ1) is 23.1. The van der Waals surface area contributed by atoms with Gasteiger partial charge >= 0.3 is 11.9 Å². The molecule has 1 aliphatic heterocycles. The van der Waals surface area contributed by atoms with Crippen LogP contribution in [0.5, 0.6) is 5.75 Å². The van der Waals surface area contributed by atoms with Gasteiger partial charge in [0, 0.05) is 11.8 Å². The van der Waals surface area contributed by atoms with Gasteiger partial charge in [-0.2, -0.15) is 0 Å². The van der Waals surface area contributed by atoms with Crippen molar-refractivity contribution in [3.8, 4) is 5.75 Å². The summed E-state index contributed by atoms with van der Waals surface area (Å²) in [6, 6.07) is 36.3. The van der Waals surface area contributed by atoms with Gasteiger partial charge in [-0.05, 0) is 54.0 Å². The highest BCUT2D eigenvalue weighted by molar-refractivity contribution is 7.97. The Morgan fingerprint density at radius 2 is 1.40 bits per heavy atom. The molecule has 4 aromatic carbocycles. The Balaban J connectivity index is 1.36. The van der Waals surface area contributed by atoms with Crippen LogP contribution in [0.15, 0.2) is 145 Å². The molecule has 0 aliphatic carbocycles. The van der Waals surface area contributed by atoms with Crippen LogP contribution in [0.3, 0.4) is 0 Å². The molecule has 1 aliphatic rings. The minimum Gasteiger partial charge on any atom is -0.458 e. The number of ether oxygens (including phenoxy) is 4. The van der Waals surface area contributed by atoms with Gasteiger partial charge in [-0.3, -0.25) is 0 Å². The second kappa shape index (κ2) is 17.9. The van der Waals surface area contributed by atoms with Gasteiger partial charge < -0.3 is 23.8 Å². The summed E-state index contributed by atoms with van der Waals surface area (Å²) in [5.41, 5.74) is 2.58. The molecule has 0 N–H and O–H groups in total. The molecule has 0 saturated carbocycles. The van der Waals surface area contributed by atoms with Gasteiger partial charge in [0.1, 0.15) is 18.8 Å². The fourth-order valence-electron chi connectivity index (χ4n) is 5.03. The first-order valence-corrected chi connectivity index (χ1v) is 16.1. The largest absolute Gasteiger partial charge is 0.458 e. The van der Waals surface area contributed by atoms with Crippen LogP contribution in [-0.4, -0.2) is 43.0 Å². The lowest BCUT2D eigenvalue weighted by Crippen LogP contribution is -2.34. The molecule has 0 aromatic heterocycles. The van der Waals surface area contributed by atoms with Gasteiger partial charge in [-0.25, -0.2) is 9.59 Å². The molecule has 0 bridgehead atoms. The maximum absolute atomic E-state index is 13.2. The predicted molar refractivity (Wildman–Crippen MR) is 179 cm³/mol. The second-order valence-corrected chi connectivity index (χ2v) is 11.2. The van der Waals surface area contributed by atoms with Crippen LogP contribution >= 0.6 is 12.0 Å². The smallest absolute Gasteiger partial charge is 0.338 e. The average molecular weight is 653 g/mol. The normalized spacial score (nSPS) is 18.7. The summed E-state index contributed by atoms with van der Waals surface area (Å²) >= 11 is 1.01. The van der Waals surface area contributed by atoms with E-state index < -0.39 is 30.3 Å². The van der Waals surface area contributed by atoms with Crippen molar-refractivity contribution in [1.29, 1.82) is 0 Å². The summed E-state index contributed by atoms with van der Waals surface area (Å²) in [6.07, 6.45) is 0.142. The number of benzene rings is 4. The summed E-state index contributed by atoms with van der Waals surface area (Å²) in [6.45, 7) is 4.05. The molecule has 5 rings (SSSR count). The summed E-state index contributed by atoms with van der Waals surface area (Å²) in [5.74, 6) is -0.495. The third-order valence-corrected chi connectivity index (χ3v) is 7.83. The van der Waals surface area contributed by atoms with Crippen LogP contribution in [0.25, 0.3) is 0 Å². The van der Waals surface area contributed by atoms with Gasteiger partial charge in [0.2, 0.25) is 0 Å². The van der Waals surface area contributed by atoms with Gasteiger partial charge in [0.25, 0.3) is 0 Å². The Kier molecular flexibility index (Phi) is 12.8. The summed E-state index contributed by atoms with van der Waals surface area (Å²) in [4.78, 5) is 31.4. The first-order valence-electron chi connectivity index (χ1n) is 15.3. The fourth-order valence-corrected chi connectivity index (χ4v) is 5.58. The monoisotopic (exact) mass is 652 g/mol. The lowest BCUT2D eigenvalue weighted by molar-refractivity contribution is -0.0766. The van der Waals surface area contributed by atoms with E-state index in [0.717, 1.165) is 23.2 Å². The van der Waals surface area contributed by atoms with Crippen molar-refractivity contribution in [1.82, 2.24) is 0 Å². The molecule has 0 spiro atoms. The Bertz CT molecular complexity index is 1580. The SMILES string of the molecule is C=CC[C@@H]1O[C@H](C[C@@H](COC(=O)c2ccccc2)OC(=O)c2ccccc2)[C@H](OCc2ccccc2)/C1=C\SOOc1ccccc1. The van der Waals surface area contributed by atoms with Crippen molar-refractivity contribution in [2.24, 2.45) is 0 Å². The van der Waals surface area contributed by atoms with Crippen molar-refractivity contribution in [2.75, 3.05) is 6.61 Å². The lowest BCUT2D eigenvalue weighted by Gasteiger charge is -2.25. The zero-order valence-electron chi connectivity index (χ0n) is 25.7. The Morgan fingerprint density at radius 1 is 0.809 bits per heavy atom. The molecular weight excluding hydrogens is 616 g/mol. The summed E-state index contributed by atoms with van der Waals surface area (Å²) in [7, 11) is 0. The molecule has 8 nitrogen and oxygen atoms in total. The van der Waals surface area contributed by atoms with Crippen LogP contribution in [0, 0.1) is 0 Å². The standard InChI is InChI=1S/C38H36O8S/c1-2-15-34-33(27-47-46-45-31-22-13-6-14-23-31)36(41-25-28-16-7-3-8-17-28)35(44-34)24-32(43-38(40)30-20-11-5-12-21-30)26-42-37(39)29-18-9-4-10-19-29/h2-14,16-23,27,32,34-36H,1,15,24-26H2/b33-27-/t32-,34-,35+,36+/m0/s1. The quantitative estimate of drug-likeness (QED) is 0.0299. The zero-order valence-corrected chi connectivity index (χ0v) is 26.5. The number of esters is 2. The third kappa shape index (κ3) is 10.2. The lowest BCUT2D eigenvalue weighted by atomic mass is 10.00. The molecular formula is C38H36O8S. The van der Waals surface area contributed by atoms with E-state index in [1.165, 1.54) is 0 Å². The third-order valence-electron chi connectivity index (χ3n) is 7.32. The molecule has 0 radical (unpaired) electrons. The minimum atomic E-state index is -0.836. The topological polar surface area (TPSA) is 89.5 Å². The Morgan fingerprint density at radius 3 is 2.04 bits per heavy atom. The number of hydrogen-bond donors (Lipinski definition) is 0. The van der Waals surface area contributed by atoms with Crippen molar-refractivity contribution >= 4 is 24.0 Å². The number of para-hydroxylation sites is 1. The molecule has 9 heteroatoms. The molecule has 47 heavy (non-hydrogen) atoms. The molecule has 0 unspecified atom stereocenters. The molecule has 0 amide bonds. The first kappa shape index (κ1) is 33.7. The summed E-state index contributed by atoms with van der Waals surface area (Å²) in [5, 5.41) is 1.81. The molecule has 242 valence electrons. The van der Waals surface area contributed by atoms with E-state index in [4.69, 9.17) is 28.2 Å². The van der Waals surface area contributed by atoms with Gasteiger partial charge in [0.05, 0.1) is 42.0 Å². The molecule has 1 saturated heterocycles. The van der Waals surface area contributed by atoms with E-state index in [2.05, 4.69) is 6.58 Å². The maximum Gasteiger partial charge on any atom is 0.338 e. The van der Waals surface area contributed by atoms with Crippen molar-refractivity contribution < 1.29 is 37.8 Å². The molecule has 1 heterocycles. The molecule has 4 aromatic rings. The van der Waals surface area contributed by atoms with E-state index in [9.17, 15) is 9.59 Å². The van der Waals surface area contributed by atoms with E-state index >= 15 is 0 Å². The van der Waals surface area contributed by atoms with Crippen LogP contribution < -0.4 is 4.89 Å². The van der Waals surface area contributed by atoms with Crippen LogP contribution in [0.4, 0.5) is 0 Å². The van der Waals surface area contributed by atoms with Crippen molar-refractivity contribution in [3.05, 3.63) is 162 Å². The average Bonchev–Trinajstić information content (AvgIpc) is 3.44. The number of rotatable bonds is 16. The highest BCUT2D eigenvalue weighted by atomic mass is 32.2. The van der Waals surface area contributed by atoms with E-state index in [1.807, 2.05) is 66.1 Å². The number of carbonyl (C=O) groups is 2. The highest BCUT2D eigenvalue weighted by Crippen LogP contribution is 2.36. The van der Waals surface area contributed by atoms with E-state index in [0.29, 0.717) is 29.9 Å². The Labute approximate surface area is 279 Å². The van der Waals surface area contributed by atoms with Crippen molar-refractivity contribution in [2.45, 2.75) is 43.9 Å². The predicted octanol–water partition coefficient (Wildman–Crippen LogP) is 7.93. The minimum absolute atomic E-state index is 0.175. The van der Waals surface area contributed by atoms with E-state index in [1.54, 1.807) is 66.7 Å². The van der Waals surface area contributed by atoms with Gasteiger partial charge in [-0.1, -0.05) is 91.0 Å². The highest BCUT2D eigenvalue weighted by Gasteiger charge is 2.42. The fraction of sp³-hybridized carbons (Fsp3) is 0.211. The second-order valence-electron chi connectivity index (χ2n) is 10.7. The van der Waals surface area contributed by atoms with E-state index in [-0.39, 0.29) is 19.1 Å². The summed E-state index contributed by atoms with van der Waals surface area (Å²) < 4.78 is 30.0. The molecule has 1 fully saturated rings. The molecule has 4 atom stereocenters. The number of carbonyl (C=O) groups excluding carboxylic acids is 2. The Hall–Kier alpha value is -4.67. The maximum atomic E-state index is 13.2. The van der Waals surface area contributed by atoms with Gasteiger partial charge in [0.15, 0.2) is 5.75 Å².